The van der Waals surface area contributed by atoms with Crippen LogP contribution < -0.4 is 0 Å². The highest BCUT2D eigenvalue weighted by Gasteiger charge is 2.07. The minimum Gasteiger partial charge on any atom is -0.229 e. The van der Waals surface area contributed by atoms with Crippen molar-refractivity contribution in [3.8, 4) is 0 Å². The van der Waals surface area contributed by atoms with Gasteiger partial charge in [-0.1, -0.05) is 17.7 Å². The predicted molar refractivity (Wildman–Crippen MR) is 67.3 cm³/mol. The molecule has 0 unspecified atom stereocenters. The molecule has 0 fully saturated rings. The van der Waals surface area contributed by atoms with Gasteiger partial charge in [-0.05, 0) is 12.1 Å². The van der Waals surface area contributed by atoms with Gasteiger partial charge in [0.15, 0.2) is 0 Å². The first kappa shape index (κ1) is 13.8. The molecule has 6 heteroatoms. The van der Waals surface area contributed by atoms with Crippen molar-refractivity contribution < 1.29 is 12.8 Å². The van der Waals surface area contributed by atoms with Crippen LogP contribution in [-0.2, 0) is 15.6 Å². The zero-order chi connectivity index (χ0) is 12.2. The van der Waals surface area contributed by atoms with Gasteiger partial charge in [-0.15, -0.1) is 0 Å². The smallest absolute Gasteiger partial charge is 0.148 e. The maximum Gasteiger partial charge on any atom is 0.148 e. The first-order valence-corrected chi connectivity index (χ1v) is 8.18. The molecule has 0 saturated carbocycles. The summed E-state index contributed by atoms with van der Waals surface area (Å²) in [6, 6.07) is 4.51. The Hall–Kier alpha value is -0.260. The summed E-state index contributed by atoms with van der Waals surface area (Å²) in [4.78, 5) is 0. The third kappa shape index (κ3) is 4.72. The lowest BCUT2D eigenvalue weighted by molar-refractivity contribution is 0.603. The van der Waals surface area contributed by atoms with Crippen molar-refractivity contribution in [2.24, 2.45) is 0 Å². The molecule has 0 aliphatic rings. The quantitative estimate of drug-likeness (QED) is 0.779. The van der Waals surface area contributed by atoms with E-state index in [1.165, 1.54) is 24.1 Å². The molecule has 16 heavy (non-hydrogen) atoms. The van der Waals surface area contributed by atoms with Crippen molar-refractivity contribution in [3.05, 3.63) is 34.6 Å². The molecule has 0 saturated heterocycles. The molecule has 0 aliphatic heterocycles. The maximum atomic E-state index is 13.3. The van der Waals surface area contributed by atoms with Crippen LogP contribution >= 0.6 is 23.4 Å². The Morgan fingerprint density at radius 3 is 2.69 bits per heavy atom. The number of benzene rings is 1. The first-order valence-electron chi connectivity index (χ1n) is 4.58. The Kier molecular flexibility index (Phi) is 5.08. The molecule has 0 heterocycles. The number of thioether (sulfide) groups is 1. The number of hydrogen-bond acceptors (Lipinski definition) is 3. The van der Waals surface area contributed by atoms with E-state index in [1.807, 2.05) is 0 Å². The number of rotatable bonds is 5. The molecular weight excluding hydrogens is 271 g/mol. The molecule has 0 atom stereocenters. The normalized spacial score (nSPS) is 11.7. The van der Waals surface area contributed by atoms with E-state index in [9.17, 15) is 12.8 Å². The molecule has 90 valence electrons. The minimum atomic E-state index is -2.95. The van der Waals surface area contributed by atoms with E-state index in [2.05, 4.69) is 0 Å². The van der Waals surface area contributed by atoms with Gasteiger partial charge in [0.25, 0.3) is 0 Å². The van der Waals surface area contributed by atoms with Gasteiger partial charge in [0.2, 0.25) is 0 Å². The van der Waals surface area contributed by atoms with Crippen LogP contribution in [0, 0.1) is 5.82 Å². The summed E-state index contributed by atoms with van der Waals surface area (Å²) < 4.78 is 35.0. The summed E-state index contributed by atoms with van der Waals surface area (Å²) in [7, 11) is -2.95. The molecule has 0 amide bonds. The molecule has 0 aromatic heterocycles. The van der Waals surface area contributed by atoms with E-state index in [1.54, 1.807) is 12.1 Å². The second-order valence-corrected chi connectivity index (χ2v) is 7.15. The first-order chi connectivity index (χ1) is 7.40. The maximum absolute atomic E-state index is 13.3. The van der Waals surface area contributed by atoms with Crippen molar-refractivity contribution in [1.29, 1.82) is 0 Å². The highest BCUT2D eigenvalue weighted by molar-refractivity contribution is 7.99. The van der Waals surface area contributed by atoms with E-state index < -0.39 is 9.84 Å². The van der Waals surface area contributed by atoms with Crippen LogP contribution in [0.5, 0.6) is 0 Å². The molecule has 2 nitrogen and oxygen atoms in total. The largest absolute Gasteiger partial charge is 0.229 e. The predicted octanol–water partition coefficient (Wildman–Crippen LogP) is 2.76. The summed E-state index contributed by atoms with van der Waals surface area (Å²) in [5.74, 6) is 0.591. The van der Waals surface area contributed by atoms with Crippen LogP contribution in [0.4, 0.5) is 4.39 Å². The van der Waals surface area contributed by atoms with Gasteiger partial charge in [-0.3, -0.25) is 0 Å². The monoisotopic (exact) mass is 282 g/mol. The fourth-order valence-electron chi connectivity index (χ4n) is 1.05. The lowest BCUT2D eigenvalue weighted by Gasteiger charge is -2.05. The van der Waals surface area contributed by atoms with E-state index >= 15 is 0 Å². The van der Waals surface area contributed by atoms with Crippen molar-refractivity contribution in [2.45, 2.75) is 5.75 Å². The van der Waals surface area contributed by atoms with E-state index in [0.29, 0.717) is 22.1 Å². The Balaban J connectivity index is 2.49. The molecule has 0 bridgehead atoms. The standard InChI is InChI=1S/C10H12ClFO2S2/c1-16(13,14)6-5-15-7-8-9(11)3-2-4-10(8)12/h2-4H,5-7H2,1H3. The van der Waals surface area contributed by atoms with Crippen molar-refractivity contribution in [3.63, 3.8) is 0 Å². The van der Waals surface area contributed by atoms with Crippen molar-refractivity contribution >= 4 is 33.2 Å². The lowest BCUT2D eigenvalue weighted by Crippen LogP contribution is -2.05. The highest BCUT2D eigenvalue weighted by atomic mass is 35.5. The van der Waals surface area contributed by atoms with Crippen LogP contribution in [0.2, 0.25) is 5.02 Å². The third-order valence-corrected chi connectivity index (χ3v) is 4.45. The highest BCUT2D eigenvalue weighted by Crippen LogP contribution is 2.23. The summed E-state index contributed by atoms with van der Waals surface area (Å²) in [6.07, 6.45) is 1.18. The SMILES string of the molecule is CS(=O)(=O)CCSCc1c(F)cccc1Cl. The topological polar surface area (TPSA) is 34.1 Å². The molecule has 0 aliphatic carbocycles. The Morgan fingerprint density at radius 1 is 1.44 bits per heavy atom. The fourth-order valence-corrected chi connectivity index (χ4v) is 3.69. The van der Waals surface area contributed by atoms with E-state index in [-0.39, 0.29) is 11.6 Å². The molecule has 1 aromatic carbocycles. The minimum absolute atomic E-state index is 0.101. The van der Waals surface area contributed by atoms with Gasteiger partial charge < -0.3 is 0 Å². The van der Waals surface area contributed by atoms with Crippen molar-refractivity contribution in [2.75, 3.05) is 17.8 Å². The molecule has 1 rings (SSSR count). The summed E-state index contributed by atoms with van der Waals surface area (Å²) >= 11 is 7.18. The third-order valence-electron chi connectivity index (χ3n) is 1.91. The zero-order valence-electron chi connectivity index (χ0n) is 8.74. The number of halogens is 2. The fraction of sp³-hybridized carbons (Fsp3) is 0.400. The van der Waals surface area contributed by atoms with Crippen LogP contribution in [0.1, 0.15) is 5.56 Å². The molecule has 0 N–H and O–H groups in total. The average molecular weight is 283 g/mol. The van der Waals surface area contributed by atoms with Crippen LogP contribution in [0.3, 0.4) is 0 Å². The lowest BCUT2D eigenvalue weighted by atomic mass is 10.2. The summed E-state index contributed by atoms with van der Waals surface area (Å²) in [5.41, 5.74) is 0.433. The van der Waals surface area contributed by atoms with Gasteiger partial charge in [-0.2, -0.15) is 11.8 Å². The Morgan fingerprint density at radius 2 is 2.12 bits per heavy atom. The Labute approximate surface area is 104 Å². The summed E-state index contributed by atoms with van der Waals surface area (Å²) in [6.45, 7) is 0. The number of sulfone groups is 1. The second kappa shape index (κ2) is 5.89. The molecular formula is C10H12ClFO2S2. The van der Waals surface area contributed by atoms with Gasteiger partial charge in [0.05, 0.1) is 5.75 Å². The molecule has 0 spiro atoms. The van der Waals surface area contributed by atoms with Gasteiger partial charge in [0, 0.05) is 28.3 Å². The van der Waals surface area contributed by atoms with Gasteiger partial charge in [-0.25, -0.2) is 12.8 Å². The van der Waals surface area contributed by atoms with Gasteiger partial charge in [0.1, 0.15) is 15.7 Å². The van der Waals surface area contributed by atoms with E-state index in [0.717, 1.165) is 0 Å². The number of hydrogen-bond donors (Lipinski definition) is 0. The molecule has 1 aromatic rings. The molecule has 0 radical (unpaired) electrons. The summed E-state index contributed by atoms with van der Waals surface area (Å²) in [5, 5.41) is 0.381. The second-order valence-electron chi connectivity index (χ2n) is 3.38. The zero-order valence-corrected chi connectivity index (χ0v) is 11.1. The van der Waals surface area contributed by atoms with Crippen LogP contribution in [0.25, 0.3) is 0 Å². The average Bonchev–Trinajstić information content (AvgIpc) is 2.14. The van der Waals surface area contributed by atoms with Crippen LogP contribution in [-0.4, -0.2) is 26.2 Å². The van der Waals surface area contributed by atoms with Crippen molar-refractivity contribution in [1.82, 2.24) is 0 Å². The Bertz CT molecular complexity index is 440. The van der Waals surface area contributed by atoms with E-state index in [4.69, 9.17) is 11.6 Å². The van der Waals surface area contributed by atoms with Crippen LogP contribution in [0.15, 0.2) is 18.2 Å². The van der Waals surface area contributed by atoms with Gasteiger partial charge >= 0.3 is 0 Å².